The minimum atomic E-state index is 0.438. The molecule has 0 aliphatic rings. The van der Waals surface area contributed by atoms with Crippen molar-refractivity contribution in [1.29, 1.82) is 0 Å². The molecule has 0 bridgehead atoms. The molecule has 1 rings (SSSR count). The van der Waals surface area contributed by atoms with Crippen LogP contribution in [0, 0.1) is 0 Å². The number of benzene rings is 1. The van der Waals surface area contributed by atoms with E-state index < -0.39 is 0 Å². The number of nitrogens with one attached hydrogen (secondary N) is 1. The Bertz CT molecular complexity index is 378. The molecule has 0 saturated heterocycles. The van der Waals surface area contributed by atoms with Gasteiger partial charge in [0.05, 0.1) is 19.8 Å². The first-order chi connectivity index (χ1) is 9.62. The van der Waals surface area contributed by atoms with Crippen LogP contribution in [0.3, 0.4) is 0 Å². The third-order valence-electron chi connectivity index (χ3n) is 2.68. The zero-order valence-corrected chi connectivity index (χ0v) is 13.3. The first kappa shape index (κ1) is 16.6. The van der Waals surface area contributed by atoms with Gasteiger partial charge in [0.1, 0.15) is 0 Å². The Morgan fingerprint density at radius 2 is 1.40 bits per heavy atom. The van der Waals surface area contributed by atoms with Gasteiger partial charge in [-0.15, -0.1) is 0 Å². The molecule has 0 saturated carbocycles. The van der Waals surface area contributed by atoms with Gasteiger partial charge in [-0.1, -0.05) is 13.8 Å². The van der Waals surface area contributed by atoms with Gasteiger partial charge >= 0.3 is 0 Å². The number of hydrogen-bond donors (Lipinski definition) is 1. The van der Waals surface area contributed by atoms with E-state index in [2.05, 4.69) is 19.2 Å². The second-order valence-corrected chi connectivity index (χ2v) is 4.76. The molecule has 1 N–H and O–H groups in total. The molecule has 0 aromatic heterocycles. The maximum absolute atomic E-state index is 5.69. The molecule has 0 heterocycles. The average molecular weight is 281 g/mol. The lowest BCUT2D eigenvalue weighted by atomic mass is 10.1. The summed E-state index contributed by atoms with van der Waals surface area (Å²) in [7, 11) is 0. The smallest absolute Gasteiger partial charge is 0.203 e. The van der Waals surface area contributed by atoms with E-state index >= 15 is 0 Å². The van der Waals surface area contributed by atoms with Gasteiger partial charge in [-0.05, 0) is 38.5 Å². The van der Waals surface area contributed by atoms with Crippen LogP contribution in [0.5, 0.6) is 17.2 Å². The molecule has 0 amide bonds. The summed E-state index contributed by atoms with van der Waals surface area (Å²) >= 11 is 0. The minimum Gasteiger partial charge on any atom is -0.490 e. The maximum atomic E-state index is 5.69. The zero-order chi connectivity index (χ0) is 15.0. The summed E-state index contributed by atoms with van der Waals surface area (Å²) in [6.07, 6.45) is 0. The van der Waals surface area contributed by atoms with E-state index in [1.807, 2.05) is 32.9 Å². The van der Waals surface area contributed by atoms with Crippen molar-refractivity contribution in [3.8, 4) is 17.2 Å². The summed E-state index contributed by atoms with van der Waals surface area (Å²) in [5.74, 6) is 2.20. The second kappa shape index (κ2) is 8.69. The normalized spacial score (nSPS) is 10.7. The molecule has 0 fully saturated rings. The predicted molar refractivity (Wildman–Crippen MR) is 81.9 cm³/mol. The number of rotatable bonds is 9. The first-order valence-electron chi connectivity index (χ1n) is 7.40. The summed E-state index contributed by atoms with van der Waals surface area (Å²) in [5.41, 5.74) is 1.13. The van der Waals surface area contributed by atoms with Crippen LogP contribution < -0.4 is 19.5 Å². The summed E-state index contributed by atoms with van der Waals surface area (Å²) < 4.78 is 17.1. The van der Waals surface area contributed by atoms with Crippen molar-refractivity contribution in [1.82, 2.24) is 5.32 Å². The SMILES string of the molecule is CCOc1cc(CNC(C)C)cc(OCC)c1OCC. The Labute approximate surface area is 122 Å². The van der Waals surface area contributed by atoms with Crippen molar-refractivity contribution in [2.45, 2.75) is 47.2 Å². The van der Waals surface area contributed by atoms with E-state index in [-0.39, 0.29) is 0 Å². The van der Waals surface area contributed by atoms with Crippen LogP contribution in [0.2, 0.25) is 0 Å². The first-order valence-corrected chi connectivity index (χ1v) is 7.40. The van der Waals surface area contributed by atoms with E-state index in [1.54, 1.807) is 0 Å². The van der Waals surface area contributed by atoms with E-state index in [4.69, 9.17) is 14.2 Å². The lowest BCUT2D eigenvalue weighted by Crippen LogP contribution is -2.21. The Hall–Kier alpha value is -1.42. The van der Waals surface area contributed by atoms with Crippen molar-refractivity contribution in [2.75, 3.05) is 19.8 Å². The van der Waals surface area contributed by atoms with Crippen molar-refractivity contribution in [3.05, 3.63) is 17.7 Å². The quantitative estimate of drug-likeness (QED) is 0.753. The van der Waals surface area contributed by atoms with E-state index in [0.29, 0.717) is 31.6 Å². The second-order valence-electron chi connectivity index (χ2n) is 4.76. The highest BCUT2D eigenvalue weighted by Gasteiger charge is 2.14. The standard InChI is InChI=1S/C16H27NO3/c1-6-18-14-9-13(11-17-12(4)5)10-15(19-7-2)16(14)20-8-3/h9-10,12,17H,6-8,11H2,1-5H3. The molecule has 4 nitrogen and oxygen atoms in total. The molecule has 4 heteroatoms. The monoisotopic (exact) mass is 281 g/mol. The Morgan fingerprint density at radius 3 is 1.80 bits per heavy atom. The summed E-state index contributed by atoms with van der Waals surface area (Å²) in [6, 6.07) is 4.48. The zero-order valence-electron chi connectivity index (χ0n) is 13.3. The summed E-state index contributed by atoms with van der Waals surface area (Å²) in [6.45, 7) is 12.7. The van der Waals surface area contributed by atoms with Gasteiger partial charge < -0.3 is 19.5 Å². The highest BCUT2D eigenvalue weighted by Crippen LogP contribution is 2.39. The molecular formula is C16H27NO3. The van der Waals surface area contributed by atoms with Crippen molar-refractivity contribution < 1.29 is 14.2 Å². The van der Waals surface area contributed by atoms with E-state index in [0.717, 1.165) is 23.6 Å². The largest absolute Gasteiger partial charge is 0.490 e. The topological polar surface area (TPSA) is 39.7 Å². The van der Waals surface area contributed by atoms with Crippen LogP contribution in [0.25, 0.3) is 0 Å². The molecular weight excluding hydrogens is 254 g/mol. The molecule has 0 spiro atoms. The van der Waals surface area contributed by atoms with Crippen molar-refractivity contribution >= 4 is 0 Å². The summed E-state index contributed by atoms with van der Waals surface area (Å²) in [4.78, 5) is 0. The molecule has 0 atom stereocenters. The minimum absolute atomic E-state index is 0.438. The van der Waals surface area contributed by atoms with Crippen LogP contribution in [0.4, 0.5) is 0 Å². The average Bonchev–Trinajstić information content (AvgIpc) is 2.40. The van der Waals surface area contributed by atoms with Crippen LogP contribution in [0.15, 0.2) is 12.1 Å². The van der Waals surface area contributed by atoms with Crippen LogP contribution in [-0.2, 0) is 6.54 Å². The van der Waals surface area contributed by atoms with Crippen LogP contribution in [0.1, 0.15) is 40.2 Å². The lowest BCUT2D eigenvalue weighted by Gasteiger charge is -2.18. The third-order valence-corrected chi connectivity index (χ3v) is 2.68. The van der Waals surface area contributed by atoms with Gasteiger partial charge in [0.15, 0.2) is 11.5 Å². The molecule has 0 aliphatic carbocycles. The molecule has 114 valence electrons. The third kappa shape index (κ3) is 4.93. The molecule has 1 aromatic rings. The molecule has 0 aliphatic heterocycles. The lowest BCUT2D eigenvalue weighted by molar-refractivity contribution is 0.260. The van der Waals surface area contributed by atoms with Crippen molar-refractivity contribution in [3.63, 3.8) is 0 Å². The molecule has 20 heavy (non-hydrogen) atoms. The fraction of sp³-hybridized carbons (Fsp3) is 0.625. The highest BCUT2D eigenvalue weighted by molar-refractivity contribution is 5.54. The Morgan fingerprint density at radius 1 is 0.900 bits per heavy atom. The van der Waals surface area contributed by atoms with E-state index in [9.17, 15) is 0 Å². The van der Waals surface area contributed by atoms with Gasteiger partial charge in [0, 0.05) is 12.6 Å². The Balaban J connectivity index is 3.08. The fourth-order valence-electron chi connectivity index (χ4n) is 1.87. The molecule has 0 unspecified atom stereocenters. The molecule has 1 aromatic carbocycles. The fourth-order valence-corrected chi connectivity index (χ4v) is 1.87. The van der Waals surface area contributed by atoms with Gasteiger partial charge in [0.2, 0.25) is 5.75 Å². The van der Waals surface area contributed by atoms with Gasteiger partial charge in [-0.3, -0.25) is 0 Å². The maximum Gasteiger partial charge on any atom is 0.203 e. The van der Waals surface area contributed by atoms with Crippen molar-refractivity contribution in [2.24, 2.45) is 0 Å². The Kier molecular flexibility index (Phi) is 7.23. The molecule has 0 radical (unpaired) electrons. The van der Waals surface area contributed by atoms with Crippen LogP contribution >= 0.6 is 0 Å². The number of ether oxygens (including phenoxy) is 3. The van der Waals surface area contributed by atoms with Gasteiger partial charge in [0.25, 0.3) is 0 Å². The van der Waals surface area contributed by atoms with Gasteiger partial charge in [-0.25, -0.2) is 0 Å². The van der Waals surface area contributed by atoms with Gasteiger partial charge in [-0.2, -0.15) is 0 Å². The van der Waals surface area contributed by atoms with E-state index in [1.165, 1.54) is 0 Å². The van der Waals surface area contributed by atoms with Crippen LogP contribution in [-0.4, -0.2) is 25.9 Å². The highest BCUT2D eigenvalue weighted by atomic mass is 16.5. The summed E-state index contributed by atoms with van der Waals surface area (Å²) in [5, 5.41) is 3.40. The number of hydrogen-bond acceptors (Lipinski definition) is 4. The predicted octanol–water partition coefficient (Wildman–Crippen LogP) is 3.38.